The van der Waals surface area contributed by atoms with Crippen molar-refractivity contribution >= 4 is 18.0 Å². The molecule has 0 heterocycles. The van der Waals surface area contributed by atoms with E-state index in [2.05, 4.69) is 5.32 Å². The van der Waals surface area contributed by atoms with Gasteiger partial charge in [-0.3, -0.25) is 14.5 Å². The Bertz CT molecular complexity index is 528. The van der Waals surface area contributed by atoms with Crippen molar-refractivity contribution in [2.45, 2.75) is 70.7 Å². The molecule has 8 heteroatoms. The maximum Gasteiger partial charge on any atom is 0.240 e. The smallest absolute Gasteiger partial charge is 0.240 e. The Labute approximate surface area is 170 Å². The maximum atomic E-state index is 13.2. The van der Waals surface area contributed by atoms with Crippen molar-refractivity contribution in [3.05, 3.63) is 0 Å². The Balaban J connectivity index is 5.80. The third-order valence-electron chi connectivity index (χ3n) is 5.11. The fourth-order valence-electron chi connectivity index (χ4n) is 3.13. The van der Waals surface area contributed by atoms with E-state index in [4.69, 9.17) is 1.37 Å². The van der Waals surface area contributed by atoms with Crippen LogP contribution in [0.15, 0.2) is 0 Å². The predicted molar refractivity (Wildman–Crippen MR) is 109 cm³/mol. The van der Waals surface area contributed by atoms with Crippen molar-refractivity contribution in [2.24, 2.45) is 5.92 Å². The summed E-state index contributed by atoms with van der Waals surface area (Å²) >= 11 is 0. The van der Waals surface area contributed by atoms with E-state index >= 15 is 0 Å². The van der Waals surface area contributed by atoms with Gasteiger partial charge in [0, 0.05) is 15.0 Å². The first-order valence-electron chi connectivity index (χ1n) is 10.4. The first-order valence-corrected chi connectivity index (χ1v) is 9.80. The predicted octanol–water partition coefficient (Wildman–Crippen LogP) is 0.0593. The second-order valence-corrected chi connectivity index (χ2v) is 7.73. The minimum atomic E-state index is -1.88. The highest BCUT2D eigenvalue weighted by Crippen LogP contribution is 2.22. The van der Waals surface area contributed by atoms with E-state index in [1.165, 1.54) is 37.7 Å². The molecule has 0 spiro atoms. The molecule has 0 rings (SSSR count). The lowest BCUT2D eigenvalue weighted by Crippen LogP contribution is -2.59. The Morgan fingerprint density at radius 1 is 1.21 bits per heavy atom. The zero-order valence-corrected chi connectivity index (χ0v) is 18.3. The highest BCUT2D eigenvalue weighted by molar-refractivity contribution is 6.05. The largest absolute Gasteiger partial charge is 0.393 e. The number of aldehydes is 1. The van der Waals surface area contributed by atoms with Crippen molar-refractivity contribution in [3.8, 4) is 0 Å². The van der Waals surface area contributed by atoms with E-state index < -0.39 is 36.0 Å². The summed E-state index contributed by atoms with van der Waals surface area (Å²) in [5, 5.41) is 22.4. The van der Waals surface area contributed by atoms with Crippen molar-refractivity contribution in [1.82, 2.24) is 15.1 Å². The summed E-state index contributed by atoms with van der Waals surface area (Å²) in [7, 11) is 4.66. The van der Waals surface area contributed by atoms with Crippen LogP contribution in [0.4, 0.5) is 0 Å². The van der Waals surface area contributed by atoms with Gasteiger partial charge in [-0.15, -0.1) is 0 Å². The third-order valence-corrected chi connectivity index (χ3v) is 5.11. The number of hydrogen-bond acceptors (Lipinski definition) is 7. The Morgan fingerprint density at radius 3 is 2.18 bits per heavy atom. The van der Waals surface area contributed by atoms with Gasteiger partial charge in [0.1, 0.15) is 11.8 Å². The summed E-state index contributed by atoms with van der Waals surface area (Å²) in [4.78, 5) is 40.8. The molecular weight excluding hydrogens is 362 g/mol. The minimum Gasteiger partial charge on any atom is -0.393 e. The maximum absolute atomic E-state index is 13.2. The van der Waals surface area contributed by atoms with Gasteiger partial charge in [0.25, 0.3) is 0 Å². The molecule has 6 atom stereocenters. The van der Waals surface area contributed by atoms with Crippen LogP contribution in [0, 0.1) is 5.92 Å². The number of carbonyl (C=O) groups is 3. The molecule has 0 radical (unpaired) electrons. The lowest BCUT2D eigenvalue weighted by molar-refractivity contribution is -0.144. The summed E-state index contributed by atoms with van der Waals surface area (Å²) in [5.74, 6) is -0.839. The monoisotopic (exact) mass is 402 g/mol. The molecule has 28 heavy (non-hydrogen) atoms. The first kappa shape index (κ1) is 24.7. The number of nitrogens with one attached hydrogen (secondary N) is 1. The molecule has 164 valence electrons. The van der Waals surface area contributed by atoms with E-state index in [-0.39, 0.29) is 31.3 Å². The molecule has 0 aromatic heterocycles. The summed E-state index contributed by atoms with van der Waals surface area (Å²) in [6.45, 7) is 6.54. The number of aliphatic hydroxyl groups excluding tert-OH is 2. The number of carbonyl (C=O) groups excluding carboxylic acids is 3. The average molecular weight is 403 g/mol. The molecule has 3 unspecified atom stereocenters. The fourth-order valence-corrected chi connectivity index (χ4v) is 3.13. The molecule has 0 saturated carbocycles. The van der Waals surface area contributed by atoms with Crippen molar-refractivity contribution in [1.29, 1.82) is 0 Å². The lowest BCUT2D eigenvalue weighted by Gasteiger charge is -2.38. The van der Waals surface area contributed by atoms with Gasteiger partial charge in [-0.1, -0.05) is 20.3 Å². The Morgan fingerprint density at radius 2 is 1.79 bits per heavy atom. The number of ketones is 1. The second-order valence-electron chi connectivity index (χ2n) is 7.73. The molecule has 0 aromatic rings. The van der Waals surface area contributed by atoms with Crippen LogP contribution in [0.5, 0.6) is 0 Å². The van der Waals surface area contributed by atoms with E-state index in [0.717, 1.165) is 6.42 Å². The molecule has 0 fully saturated rings. The summed E-state index contributed by atoms with van der Waals surface area (Å²) < 4.78 is 8.43. The van der Waals surface area contributed by atoms with Crippen LogP contribution in [0.2, 0.25) is 0 Å². The van der Waals surface area contributed by atoms with E-state index in [1.807, 2.05) is 13.8 Å². The Kier molecular flexibility index (Phi) is 10.8. The van der Waals surface area contributed by atoms with Crippen LogP contribution in [0.25, 0.3) is 0 Å². The van der Waals surface area contributed by atoms with E-state index in [9.17, 15) is 24.6 Å². The SMILES string of the molecule is [2H]C(CC(C)O)[C@](C=O)(C(=O)CN(C)C(=O)[C@@H](NC)[C@@H](C)CC)N(C)CC(C)O. The number of nitrogens with zero attached hydrogens (tertiary/aromatic N) is 2. The van der Waals surface area contributed by atoms with E-state index in [1.54, 1.807) is 7.05 Å². The first-order chi connectivity index (χ1) is 13.4. The molecule has 0 aliphatic carbocycles. The van der Waals surface area contributed by atoms with Crippen LogP contribution in [0.1, 0.15) is 48.3 Å². The van der Waals surface area contributed by atoms with Gasteiger partial charge in [-0.2, -0.15) is 0 Å². The molecule has 0 aliphatic heterocycles. The summed E-state index contributed by atoms with van der Waals surface area (Å²) in [5.41, 5.74) is -1.88. The van der Waals surface area contributed by atoms with Gasteiger partial charge in [-0.25, -0.2) is 0 Å². The van der Waals surface area contributed by atoms with Gasteiger partial charge in [0.05, 0.1) is 24.8 Å². The second kappa shape index (κ2) is 12.3. The van der Waals surface area contributed by atoms with Crippen LogP contribution in [-0.2, 0) is 14.4 Å². The lowest BCUT2D eigenvalue weighted by atomic mass is 9.86. The minimum absolute atomic E-state index is 0.0106. The zero-order valence-electron chi connectivity index (χ0n) is 19.3. The van der Waals surface area contributed by atoms with Crippen LogP contribution < -0.4 is 5.32 Å². The van der Waals surface area contributed by atoms with E-state index in [0.29, 0.717) is 6.29 Å². The number of β-amino-alcohol motifs (C(OH)–C–C–N with tert-alkyl or cyclic N) is 1. The number of aliphatic hydroxyl groups is 2. The highest BCUT2D eigenvalue weighted by Gasteiger charge is 2.43. The fraction of sp³-hybridized carbons (Fsp3) is 0.850. The highest BCUT2D eigenvalue weighted by atomic mass is 16.3. The van der Waals surface area contributed by atoms with Crippen LogP contribution in [-0.4, -0.2) is 96.0 Å². The standard InChI is InChI=1S/C20H39N3O5/c1-8-14(2)18(21-5)19(28)22(6)12-17(27)20(13-24,10-9-15(3)25)23(7)11-16(4)26/h13-16,18,21,25-26H,8-12H2,1-7H3/t14-,15?,16?,18-,20-/m0/s1/i10D/t10?,14-,15?,16?,18-,20-. The quantitative estimate of drug-likeness (QED) is 0.278. The number of hydrogen-bond donors (Lipinski definition) is 3. The van der Waals surface area contributed by atoms with Gasteiger partial charge < -0.3 is 25.2 Å². The molecule has 0 bridgehead atoms. The molecule has 3 N–H and O–H groups in total. The van der Waals surface area contributed by atoms with Crippen molar-refractivity contribution in [3.63, 3.8) is 0 Å². The summed E-state index contributed by atoms with van der Waals surface area (Å²) in [6.07, 6.45) is -1.89. The van der Waals surface area contributed by atoms with Gasteiger partial charge in [0.2, 0.25) is 5.91 Å². The normalized spacial score (nSPS) is 19.7. The topological polar surface area (TPSA) is 110 Å². The molecule has 8 nitrogen and oxygen atoms in total. The number of Topliss-reactive ketones (excluding diaryl/α,β-unsaturated/α-hetero) is 1. The van der Waals surface area contributed by atoms with Crippen molar-refractivity contribution < 1.29 is 26.0 Å². The molecule has 1 amide bonds. The molecule has 0 aromatic carbocycles. The summed E-state index contributed by atoms with van der Waals surface area (Å²) in [6, 6.07) is -0.470. The number of amides is 1. The number of likely N-dealkylation sites (N-methyl/N-ethyl adjacent to an activating group) is 3. The average Bonchev–Trinajstić information content (AvgIpc) is 2.61. The third kappa shape index (κ3) is 7.24. The molecule has 0 aliphatic rings. The van der Waals surface area contributed by atoms with Gasteiger partial charge in [0.15, 0.2) is 5.78 Å². The van der Waals surface area contributed by atoms with Crippen molar-refractivity contribution in [2.75, 3.05) is 34.2 Å². The van der Waals surface area contributed by atoms with Crippen LogP contribution >= 0.6 is 0 Å². The van der Waals surface area contributed by atoms with Crippen LogP contribution in [0.3, 0.4) is 0 Å². The molecular formula is C20H39N3O5. The van der Waals surface area contributed by atoms with Gasteiger partial charge in [-0.05, 0) is 46.7 Å². The van der Waals surface area contributed by atoms with Gasteiger partial charge >= 0.3 is 0 Å². The number of rotatable bonds is 14. The zero-order chi connectivity index (χ0) is 22.9. The molecule has 0 saturated heterocycles. The Hall–Kier alpha value is -1.35.